The van der Waals surface area contributed by atoms with E-state index < -0.39 is 6.10 Å². The van der Waals surface area contributed by atoms with Crippen LogP contribution in [0.5, 0.6) is 0 Å². The Kier molecular flexibility index (Phi) is 49.5. The first-order valence-electron chi connectivity index (χ1n) is 26.5. The number of carbonyl (C=O) groups excluding carboxylic acids is 3. The maximum Gasteiger partial charge on any atom is 0.306 e. The predicted octanol–water partition coefficient (Wildman–Crippen LogP) is 17.5. The van der Waals surface area contributed by atoms with E-state index in [9.17, 15) is 14.4 Å². The lowest BCUT2D eigenvalue weighted by Gasteiger charge is -2.18. The molecular formula is C59H96O6. The number of ether oxygens (including phenoxy) is 3. The Labute approximate surface area is 400 Å². The van der Waals surface area contributed by atoms with Crippen LogP contribution in [0.4, 0.5) is 0 Å². The van der Waals surface area contributed by atoms with Gasteiger partial charge in [-0.2, -0.15) is 0 Å². The number of hydrogen-bond donors (Lipinski definition) is 0. The third kappa shape index (κ3) is 50.9. The maximum atomic E-state index is 12.8. The molecule has 0 bridgehead atoms. The number of hydrogen-bond acceptors (Lipinski definition) is 6. The molecule has 1 unspecified atom stereocenters. The highest BCUT2D eigenvalue weighted by molar-refractivity contribution is 5.71. The van der Waals surface area contributed by atoms with Crippen LogP contribution in [0, 0.1) is 0 Å². The molecule has 6 nitrogen and oxygen atoms in total. The first-order chi connectivity index (χ1) is 32.0. The van der Waals surface area contributed by atoms with Crippen LogP contribution in [-0.4, -0.2) is 37.2 Å². The van der Waals surface area contributed by atoms with Crippen molar-refractivity contribution in [2.24, 2.45) is 0 Å². The van der Waals surface area contributed by atoms with Crippen LogP contribution in [-0.2, 0) is 28.6 Å². The van der Waals surface area contributed by atoms with Crippen molar-refractivity contribution in [3.63, 3.8) is 0 Å². The average Bonchev–Trinajstić information content (AvgIpc) is 3.30. The summed E-state index contributed by atoms with van der Waals surface area (Å²) in [6, 6.07) is 0. The largest absolute Gasteiger partial charge is 0.462 e. The minimum Gasteiger partial charge on any atom is -0.462 e. The molecule has 0 rings (SSSR count). The van der Waals surface area contributed by atoms with Crippen LogP contribution in [0.25, 0.3) is 0 Å². The zero-order valence-corrected chi connectivity index (χ0v) is 42.0. The van der Waals surface area contributed by atoms with Gasteiger partial charge in [-0.1, -0.05) is 220 Å². The summed E-state index contributed by atoms with van der Waals surface area (Å²) in [7, 11) is 0. The van der Waals surface area contributed by atoms with Crippen LogP contribution < -0.4 is 0 Å². The minimum atomic E-state index is -0.816. The molecule has 0 fully saturated rings. The quantitative estimate of drug-likeness (QED) is 0.0199. The van der Waals surface area contributed by atoms with Gasteiger partial charge in [-0.15, -0.1) is 0 Å². The Hall–Kier alpha value is -3.93. The molecule has 0 N–H and O–H groups in total. The molecular weight excluding hydrogens is 805 g/mol. The highest BCUT2D eigenvalue weighted by atomic mass is 16.6. The van der Waals surface area contributed by atoms with Crippen molar-refractivity contribution in [3.8, 4) is 0 Å². The van der Waals surface area contributed by atoms with Crippen molar-refractivity contribution in [1.82, 2.24) is 0 Å². The molecule has 0 aromatic carbocycles. The summed E-state index contributed by atoms with van der Waals surface area (Å²) in [6.45, 7) is 6.36. The van der Waals surface area contributed by atoms with Gasteiger partial charge < -0.3 is 14.2 Å². The first kappa shape index (κ1) is 61.1. The van der Waals surface area contributed by atoms with Crippen LogP contribution in [0.1, 0.15) is 226 Å². The highest BCUT2D eigenvalue weighted by Gasteiger charge is 2.19. The van der Waals surface area contributed by atoms with Crippen molar-refractivity contribution in [3.05, 3.63) is 109 Å². The van der Waals surface area contributed by atoms with E-state index in [-0.39, 0.29) is 37.5 Å². The van der Waals surface area contributed by atoms with E-state index in [1.54, 1.807) is 0 Å². The fourth-order valence-electron chi connectivity index (χ4n) is 6.88. The van der Waals surface area contributed by atoms with Crippen molar-refractivity contribution in [2.45, 2.75) is 232 Å². The summed E-state index contributed by atoms with van der Waals surface area (Å²) in [4.78, 5) is 38.0. The third-order valence-electron chi connectivity index (χ3n) is 10.9. The zero-order valence-electron chi connectivity index (χ0n) is 42.0. The Morgan fingerprint density at radius 2 is 0.677 bits per heavy atom. The monoisotopic (exact) mass is 901 g/mol. The number of allylic oxidation sites excluding steroid dienone is 18. The predicted molar refractivity (Wildman–Crippen MR) is 279 cm³/mol. The molecule has 0 saturated carbocycles. The second-order valence-electron chi connectivity index (χ2n) is 17.2. The number of esters is 3. The van der Waals surface area contributed by atoms with Gasteiger partial charge in [0.25, 0.3) is 0 Å². The van der Waals surface area contributed by atoms with Gasteiger partial charge >= 0.3 is 17.9 Å². The topological polar surface area (TPSA) is 78.9 Å². The van der Waals surface area contributed by atoms with Crippen molar-refractivity contribution in [1.29, 1.82) is 0 Å². The van der Waals surface area contributed by atoms with E-state index in [0.717, 1.165) is 77.0 Å². The summed E-state index contributed by atoms with van der Waals surface area (Å²) >= 11 is 0. The molecule has 0 amide bonds. The molecule has 0 spiro atoms. The lowest BCUT2D eigenvalue weighted by molar-refractivity contribution is -0.167. The van der Waals surface area contributed by atoms with Gasteiger partial charge in [-0.05, 0) is 96.3 Å². The summed E-state index contributed by atoms with van der Waals surface area (Å²) in [5, 5.41) is 0. The maximum absolute atomic E-state index is 12.8. The van der Waals surface area contributed by atoms with Gasteiger partial charge in [0.2, 0.25) is 0 Å². The summed E-state index contributed by atoms with van der Waals surface area (Å²) in [5.74, 6) is -1.01. The Morgan fingerprint density at radius 3 is 1.11 bits per heavy atom. The van der Waals surface area contributed by atoms with Crippen LogP contribution in [0.3, 0.4) is 0 Å². The SMILES string of the molecule is CC/C=C/C=C/C=C/C=C/C=C/CCCC(=O)OCC(COC(=O)CCCCCCCCC/C=C/C/C=C/CCCCC)OC(=O)CCCCCCCCC/C=C/C/C=C/CCCCC. The van der Waals surface area contributed by atoms with Gasteiger partial charge in [-0.25, -0.2) is 0 Å². The fourth-order valence-corrected chi connectivity index (χ4v) is 6.88. The molecule has 1 atom stereocenters. The summed E-state index contributed by atoms with van der Waals surface area (Å²) in [6.07, 6.45) is 70.7. The lowest BCUT2D eigenvalue weighted by atomic mass is 10.1. The normalized spacial score (nSPS) is 13.0. The smallest absolute Gasteiger partial charge is 0.306 e. The van der Waals surface area contributed by atoms with Crippen LogP contribution in [0.15, 0.2) is 109 Å². The van der Waals surface area contributed by atoms with Gasteiger partial charge in [0.05, 0.1) is 0 Å². The summed E-state index contributed by atoms with van der Waals surface area (Å²) in [5.41, 5.74) is 0. The molecule has 0 aromatic rings. The highest BCUT2D eigenvalue weighted by Crippen LogP contribution is 2.14. The molecule has 0 aromatic heterocycles. The standard InChI is InChI=1S/C59H96O6/c1-4-7-10-13-16-19-22-25-27-29-31-34-37-40-43-46-49-52-58(61)64-55-56(54-63-57(60)51-48-45-42-39-36-33-24-21-18-15-12-9-6-3)65-59(62)53-50-47-44-41-38-35-32-30-28-26-23-20-17-14-11-8-5-2/h9,12,15-21,24-28,33,36,39,42,56H,4-8,10-11,13-14,22-23,29-32,34-35,37-38,40-41,43-55H2,1-3H3/b12-9+,18-15+,19-16+,20-17+,24-21+,27-25+,28-26+,36-33+,42-39+. The number of rotatable bonds is 46. The molecule has 65 heavy (non-hydrogen) atoms. The molecule has 0 heterocycles. The van der Waals surface area contributed by atoms with E-state index in [0.29, 0.717) is 19.3 Å². The van der Waals surface area contributed by atoms with Crippen molar-refractivity contribution in [2.75, 3.05) is 13.2 Å². The van der Waals surface area contributed by atoms with E-state index in [4.69, 9.17) is 14.2 Å². The number of unbranched alkanes of at least 4 members (excludes halogenated alkanes) is 21. The molecule has 0 saturated heterocycles. The van der Waals surface area contributed by atoms with E-state index in [2.05, 4.69) is 75.5 Å². The zero-order chi connectivity index (χ0) is 47.2. The fraction of sp³-hybridized carbons (Fsp3) is 0.644. The second-order valence-corrected chi connectivity index (χ2v) is 17.2. The van der Waals surface area contributed by atoms with Crippen molar-refractivity contribution >= 4 is 17.9 Å². The molecule has 0 aliphatic rings. The number of carbonyl (C=O) groups is 3. The summed E-state index contributed by atoms with van der Waals surface area (Å²) < 4.78 is 16.7. The minimum absolute atomic E-state index is 0.110. The Balaban J connectivity index is 4.50. The Morgan fingerprint density at radius 1 is 0.338 bits per heavy atom. The van der Waals surface area contributed by atoms with Gasteiger partial charge in [0.1, 0.15) is 13.2 Å². The average molecular weight is 901 g/mol. The third-order valence-corrected chi connectivity index (χ3v) is 10.9. The molecule has 0 radical (unpaired) electrons. The Bertz CT molecular complexity index is 1360. The van der Waals surface area contributed by atoms with Crippen LogP contribution >= 0.6 is 0 Å². The van der Waals surface area contributed by atoms with E-state index >= 15 is 0 Å². The molecule has 0 aliphatic heterocycles. The molecule has 0 aliphatic carbocycles. The van der Waals surface area contributed by atoms with Crippen molar-refractivity contribution < 1.29 is 28.6 Å². The molecule has 368 valence electrons. The molecule has 6 heteroatoms. The van der Waals surface area contributed by atoms with Crippen LogP contribution in [0.2, 0.25) is 0 Å². The van der Waals surface area contributed by atoms with E-state index in [1.807, 2.05) is 54.7 Å². The second kappa shape index (κ2) is 52.7. The van der Waals surface area contributed by atoms with E-state index in [1.165, 1.54) is 103 Å². The van der Waals surface area contributed by atoms with Gasteiger partial charge in [0, 0.05) is 19.3 Å². The first-order valence-corrected chi connectivity index (χ1v) is 26.5. The van der Waals surface area contributed by atoms with Gasteiger partial charge in [0.15, 0.2) is 6.10 Å². The van der Waals surface area contributed by atoms with Gasteiger partial charge in [-0.3, -0.25) is 14.4 Å². The lowest BCUT2D eigenvalue weighted by Crippen LogP contribution is -2.30.